The number of hydrogen-bond acceptors (Lipinski definition) is 5. The smallest absolute Gasteiger partial charge is 0.218 e. The predicted molar refractivity (Wildman–Crippen MR) is 62.8 cm³/mol. The highest BCUT2D eigenvalue weighted by atomic mass is 16.5. The van der Waals surface area contributed by atoms with E-state index in [2.05, 4.69) is 15.3 Å². The maximum atomic E-state index is 5.28. The van der Waals surface area contributed by atoms with Gasteiger partial charge in [-0.25, -0.2) is 9.97 Å². The molecular weight excluding hydrogens is 206 g/mol. The summed E-state index contributed by atoms with van der Waals surface area (Å²) in [5.74, 6) is 1.41. The van der Waals surface area contributed by atoms with Crippen LogP contribution in [0.25, 0.3) is 0 Å². The van der Waals surface area contributed by atoms with E-state index in [1.807, 2.05) is 6.92 Å². The van der Waals surface area contributed by atoms with Gasteiger partial charge in [-0.3, -0.25) is 0 Å². The lowest BCUT2D eigenvalue weighted by Gasteiger charge is -2.06. The molecule has 16 heavy (non-hydrogen) atoms. The monoisotopic (exact) mass is 225 g/mol. The van der Waals surface area contributed by atoms with Gasteiger partial charge in [-0.05, 0) is 19.8 Å². The summed E-state index contributed by atoms with van der Waals surface area (Å²) in [6, 6.07) is 1.81. The van der Waals surface area contributed by atoms with Crippen molar-refractivity contribution >= 4 is 5.82 Å². The minimum absolute atomic E-state index is 0.608. The number of nitrogens with one attached hydrogen (secondary N) is 1. The summed E-state index contributed by atoms with van der Waals surface area (Å²) < 4.78 is 10.3. The summed E-state index contributed by atoms with van der Waals surface area (Å²) >= 11 is 0. The molecule has 0 aliphatic heterocycles. The molecule has 0 unspecified atom stereocenters. The number of anilines is 1. The van der Waals surface area contributed by atoms with Crippen molar-refractivity contribution in [2.45, 2.75) is 19.8 Å². The Hall–Kier alpha value is -1.36. The fourth-order valence-electron chi connectivity index (χ4n) is 1.25. The summed E-state index contributed by atoms with van der Waals surface area (Å²) in [5, 5.41) is 3.22. The molecule has 5 nitrogen and oxygen atoms in total. The van der Waals surface area contributed by atoms with Crippen molar-refractivity contribution in [2.75, 3.05) is 32.2 Å². The quantitative estimate of drug-likeness (QED) is 0.683. The van der Waals surface area contributed by atoms with Gasteiger partial charge in [0.15, 0.2) is 0 Å². The molecule has 0 atom stereocenters. The van der Waals surface area contributed by atoms with Gasteiger partial charge in [0, 0.05) is 26.3 Å². The molecule has 0 spiro atoms. The number of nitrogens with zero attached hydrogens (tertiary/aromatic N) is 2. The molecule has 90 valence electrons. The molecule has 1 aromatic rings. The molecule has 1 aromatic heterocycles. The van der Waals surface area contributed by atoms with Crippen LogP contribution in [0.3, 0.4) is 0 Å². The first-order valence-corrected chi connectivity index (χ1v) is 5.54. The number of aromatic nitrogens is 2. The van der Waals surface area contributed by atoms with Crippen LogP contribution < -0.4 is 10.1 Å². The van der Waals surface area contributed by atoms with Crippen molar-refractivity contribution in [3.05, 3.63) is 12.4 Å². The molecule has 0 amide bonds. The van der Waals surface area contributed by atoms with Crippen LogP contribution in [0.4, 0.5) is 5.82 Å². The highest BCUT2D eigenvalue weighted by Crippen LogP contribution is 2.10. The summed E-state index contributed by atoms with van der Waals surface area (Å²) in [5.41, 5.74) is 0. The molecule has 0 saturated carbocycles. The second-order valence-corrected chi connectivity index (χ2v) is 3.30. The average Bonchev–Trinajstić information content (AvgIpc) is 2.30. The van der Waals surface area contributed by atoms with E-state index in [4.69, 9.17) is 9.47 Å². The van der Waals surface area contributed by atoms with Crippen molar-refractivity contribution in [3.8, 4) is 5.88 Å². The van der Waals surface area contributed by atoms with Gasteiger partial charge in [-0.15, -0.1) is 0 Å². The van der Waals surface area contributed by atoms with Crippen LogP contribution in [-0.4, -0.2) is 36.8 Å². The summed E-state index contributed by atoms with van der Waals surface area (Å²) in [6.07, 6.45) is 3.61. The van der Waals surface area contributed by atoms with E-state index < -0.39 is 0 Å². The Morgan fingerprint density at radius 1 is 1.31 bits per heavy atom. The number of ether oxygens (including phenoxy) is 2. The highest BCUT2D eigenvalue weighted by Gasteiger charge is 1.98. The first kappa shape index (κ1) is 12.7. The molecule has 0 aromatic carbocycles. The Kier molecular flexibility index (Phi) is 6.25. The van der Waals surface area contributed by atoms with E-state index in [0.29, 0.717) is 12.5 Å². The summed E-state index contributed by atoms with van der Waals surface area (Å²) in [7, 11) is 1.71. The predicted octanol–water partition coefficient (Wildman–Crippen LogP) is 1.71. The average molecular weight is 225 g/mol. The molecule has 0 fully saturated rings. The van der Waals surface area contributed by atoms with Crippen molar-refractivity contribution in [1.82, 2.24) is 9.97 Å². The Morgan fingerprint density at radius 3 is 2.94 bits per heavy atom. The molecule has 0 bridgehead atoms. The molecule has 5 heteroatoms. The third-order valence-electron chi connectivity index (χ3n) is 2.02. The maximum Gasteiger partial charge on any atom is 0.218 e. The van der Waals surface area contributed by atoms with Gasteiger partial charge in [-0.2, -0.15) is 0 Å². The van der Waals surface area contributed by atoms with E-state index in [0.717, 1.165) is 31.8 Å². The van der Waals surface area contributed by atoms with E-state index in [-0.39, 0.29) is 0 Å². The fraction of sp³-hybridized carbons (Fsp3) is 0.636. The van der Waals surface area contributed by atoms with Gasteiger partial charge in [0.1, 0.15) is 12.1 Å². The Labute approximate surface area is 96.2 Å². The fourth-order valence-corrected chi connectivity index (χ4v) is 1.25. The Bertz CT molecular complexity index is 294. The van der Waals surface area contributed by atoms with E-state index in [1.165, 1.54) is 6.33 Å². The van der Waals surface area contributed by atoms with Crippen LogP contribution in [0.5, 0.6) is 5.88 Å². The van der Waals surface area contributed by atoms with Crippen molar-refractivity contribution in [2.24, 2.45) is 0 Å². The zero-order valence-electron chi connectivity index (χ0n) is 9.90. The second kappa shape index (κ2) is 7.87. The number of unbranched alkanes of at least 4 members (excludes halogenated alkanes) is 1. The third kappa shape index (κ3) is 4.93. The zero-order valence-corrected chi connectivity index (χ0v) is 9.90. The Morgan fingerprint density at radius 2 is 2.19 bits per heavy atom. The molecule has 0 saturated heterocycles. The summed E-state index contributed by atoms with van der Waals surface area (Å²) in [4.78, 5) is 8.10. The van der Waals surface area contributed by atoms with Crippen LogP contribution in [0, 0.1) is 0 Å². The molecular formula is C11H19N3O2. The van der Waals surface area contributed by atoms with Crippen LogP contribution in [-0.2, 0) is 4.74 Å². The molecule has 1 N–H and O–H groups in total. The van der Waals surface area contributed by atoms with Crippen molar-refractivity contribution in [1.29, 1.82) is 0 Å². The molecule has 0 aliphatic carbocycles. The topological polar surface area (TPSA) is 56.3 Å². The summed E-state index contributed by atoms with van der Waals surface area (Å²) in [6.45, 7) is 4.23. The van der Waals surface area contributed by atoms with Gasteiger partial charge in [0.2, 0.25) is 5.88 Å². The van der Waals surface area contributed by atoms with Crippen molar-refractivity contribution < 1.29 is 9.47 Å². The van der Waals surface area contributed by atoms with Gasteiger partial charge in [0.25, 0.3) is 0 Å². The molecule has 0 radical (unpaired) electrons. The number of methoxy groups -OCH3 is 1. The molecule has 1 heterocycles. The van der Waals surface area contributed by atoms with Crippen LogP contribution in [0.1, 0.15) is 19.8 Å². The first-order chi connectivity index (χ1) is 7.86. The minimum Gasteiger partial charge on any atom is -0.478 e. The maximum absolute atomic E-state index is 5.28. The second-order valence-electron chi connectivity index (χ2n) is 3.30. The lowest BCUT2D eigenvalue weighted by Crippen LogP contribution is -2.05. The number of hydrogen-bond donors (Lipinski definition) is 1. The number of rotatable bonds is 8. The SMILES string of the molecule is CCOc1cc(NCCCCOC)ncn1. The first-order valence-electron chi connectivity index (χ1n) is 5.54. The van der Waals surface area contributed by atoms with Crippen LogP contribution in [0.15, 0.2) is 12.4 Å². The van der Waals surface area contributed by atoms with E-state index >= 15 is 0 Å². The van der Waals surface area contributed by atoms with Crippen LogP contribution in [0.2, 0.25) is 0 Å². The Balaban J connectivity index is 2.27. The van der Waals surface area contributed by atoms with Gasteiger partial charge >= 0.3 is 0 Å². The largest absolute Gasteiger partial charge is 0.478 e. The minimum atomic E-state index is 0.608. The lowest BCUT2D eigenvalue weighted by molar-refractivity contribution is 0.194. The van der Waals surface area contributed by atoms with Crippen LogP contribution >= 0.6 is 0 Å². The lowest BCUT2D eigenvalue weighted by atomic mass is 10.3. The van der Waals surface area contributed by atoms with E-state index in [9.17, 15) is 0 Å². The van der Waals surface area contributed by atoms with E-state index in [1.54, 1.807) is 13.2 Å². The zero-order chi connectivity index (χ0) is 11.6. The van der Waals surface area contributed by atoms with Crippen molar-refractivity contribution in [3.63, 3.8) is 0 Å². The normalized spacial score (nSPS) is 10.1. The van der Waals surface area contributed by atoms with Gasteiger partial charge in [0.05, 0.1) is 6.61 Å². The highest BCUT2D eigenvalue weighted by molar-refractivity contribution is 5.36. The van der Waals surface area contributed by atoms with Gasteiger partial charge in [-0.1, -0.05) is 0 Å². The standard InChI is InChI=1S/C11H19N3O2/c1-3-16-11-8-10(13-9-14-11)12-6-4-5-7-15-2/h8-9H,3-7H2,1-2H3,(H,12,13,14). The molecule has 1 rings (SSSR count). The van der Waals surface area contributed by atoms with Gasteiger partial charge < -0.3 is 14.8 Å². The molecule has 0 aliphatic rings. The third-order valence-corrected chi connectivity index (χ3v) is 2.02.